The third kappa shape index (κ3) is 6.33. The van der Waals surface area contributed by atoms with E-state index >= 15 is 0 Å². The van der Waals surface area contributed by atoms with Crippen molar-refractivity contribution in [2.24, 2.45) is 5.41 Å². The Kier molecular flexibility index (Phi) is 8.01. The van der Waals surface area contributed by atoms with E-state index in [2.05, 4.69) is 50.9 Å². The molecule has 2 aromatic heterocycles. The molecule has 0 saturated carbocycles. The van der Waals surface area contributed by atoms with Gasteiger partial charge in [0.2, 0.25) is 5.91 Å². The smallest absolute Gasteiger partial charge is 0.229 e. The Hall–Kier alpha value is -2.19. The SMILES string of the molecule is CCC1(C)CCCCCCc2cccc(n2)Nc2nn(COCC[Si](C)(C)C)c3c2CN(C3)C1=O. The number of aryl methyl sites for hydroxylation is 1. The minimum atomic E-state index is -1.16. The van der Waals surface area contributed by atoms with Crippen molar-refractivity contribution >= 4 is 25.6 Å². The van der Waals surface area contributed by atoms with Crippen LogP contribution in [0.2, 0.25) is 25.7 Å². The van der Waals surface area contributed by atoms with Crippen LogP contribution in [0, 0.1) is 5.41 Å². The highest BCUT2D eigenvalue weighted by Crippen LogP contribution is 2.37. The highest BCUT2D eigenvalue weighted by Gasteiger charge is 2.39. The van der Waals surface area contributed by atoms with Crippen molar-refractivity contribution < 1.29 is 9.53 Å². The first-order valence-electron chi connectivity index (χ1n) is 13.4. The van der Waals surface area contributed by atoms with Gasteiger partial charge in [-0.2, -0.15) is 5.10 Å². The van der Waals surface area contributed by atoms with Gasteiger partial charge in [-0.3, -0.25) is 4.79 Å². The minimum absolute atomic E-state index is 0.264. The summed E-state index contributed by atoms with van der Waals surface area (Å²) >= 11 is 0. The van der Waals surface area contributed by atoms with Crippen LogP contribution in [0.1, 0.15) is 69.3 Å². The van der Waals surface area contributed by atoms with Gasteiger partial charge in [-0.1, -0.05) is 58.8 Å². The van der Waals surface area contributed by atoms with E-state index in [1.165, 1.54) is 6.42 Å². The van der Waals surface area contributed by atoms with Crippen LogP contribution in [0.25, 0.3) is 0 Å². The number of ether oxygens (including phenoxy) is 1. The summed E-state index contributed by atoms with van der Waals surface area (Å²) in [6, 6.07) is 7.29. The number of fused-ring (bicyclic) bond motifs is 3. The van der Waals surface area contributed by atoms with Crippen LogP contribution >= 0.6 is 0 Å². The van der Waals surface area contributed by atoms with Crippen LogP contribution in [0.3, 0.4) is 0 Å². The maximum absolute atomic E-state index is 13.7. The molecule has 0 saturated heterocycles. The zero-order valence-electron chi connectivity index (χ0n) is 22.3. The summed E-state index contributed by atoms with van der Waals surface area (Å²) in [6.07, 6.45) is 7.34. The lowest BCUT2D eigenvalue weighted by Gasteiger charge is -2.32. The quantitative estimate of drug-likeness (QED) is 0.386. The third-order valence-electron chi connectivity index (χ3n) is 7.61. The Labute approximate surface area is 211 Å². The maximum atomic E-state index is 13.7. The van der Waals surface area contributed by atoms with Crippen molar-refractivity contribution in [1.29, 1.82) is 0 Å². The van der Waals surface area contributed by atoms with E-state index < -0.39 is 8.07 Å². The molecule has 4 heterocycles. The van der Waals surface area contributed by atoms with Crippen molar-refractivity contribution in [2.75, 3.05) is 11.9 Å². The molecule has 1 N–H and O–H groups in total. The number of hydrogen-bond acceptors (Lipinski definition) is 5. The van der Waals surface area contributed by atoms with Crippen LogP contribution in [0.4, 0.5) is 11.6 Å². The molecule has 7 nitrogen and oxygen atoms in total. The van der Waals surface area contributed by atoms with Crippen molar-refractivity contribution in [2.45, 2.75) is 104 Å². The second-order valence-electron chi connectivity index (χ2n) is 11.8. The fourth-order valence-electron chi connectivity index (χ4n) is 4.99. The second kappa shape index (κ2) is 10.8. The summed E-state index contributed by atoms with van der Waals surface area (Å²) in [5.74, 6) is 1.87. The molecule has 1 unspecified atom stereocenters. The predicted molar refractivity (Wildman–Crippen MR) is 143 cm³/mol. The third-order valence-corrected chi connectivity index (χ3v) is 9.32. The molecule has 0 aliphatic carbocycles. The van der Waals surface area contributed by atoms with Gasteiger partial charge in [0.05, 0.1) is 18.8 Å². The van der Waals surface area contributed by atoms with E-state index in [0.717, 1.165) is 79.8 Å². The van der Waals surface area contributed by atoms with E-state index in [1.54, 1.807) is 0 Å². The van der Waals surface area contributed by atoms with E-state index in [9.17, 15) is 4.79 Å². The number of pyridine rings is 1. The number of carbonyl (C=O) groups excluding carboxylic acids is 1. The molecule has 1 atom stereocenters. The molecule has 4 rings (SSSR count). The maximum Gasteiger partial charge on any atom is 0.229 e. The van der Waals surface area contributed by atoms with Crippen molar-refractivity contribution in [3.63, 3.8) is 0 Å². The van der Waals surface area contributed by atoms with Gasteiger partial charge in [0.15, 0.2) is 5.82 Å². The van der Waals surface area contributed by atoms with Gasteiger partial charge in [0.1, 0.15) is 12.5 Å². The molecule has 2 aromatic rings. The van der Waals surface area contributed by atoms with E-state index in [-0.39, 0.29) is 11.3 Å². The molecule has 0 aromatic carbocycles. The standard InChI is InChI=1S/C27H43N5O2Si/c1-6-27(2)15-10-8-7-9-12-21-13-11-14-24(28-21)29-25-22-18-31(26(27)33)19-23(22)32(30-25)20-34-16-17-35(3,4)5/h11,13-14H,6-10,12,15-20H2,1-5H3,(H,28,29,30). The number of carbonyl (C=O) groups is 1. The number of nitrogens with zero attached hydrogens (tertiary/aromatic N) is 4. The Morgan fingerprint density at radius 1 is 1.14 bits per heavy atom. The molecule has 35 heavy (non-hydrogen) atoms. The highest BCUT2D eigenvalue weighted by molar-refractivity contribution is 6.76. The number of amides is 1. The Bertz CT molecular complexity index is 1030. The number of hydrogen-bond donors (Lipinski definition) is 1. The molecule has 2 aliphatic heterocycles. The summed E-state index contributed by atoms with van der Waals surface area (Å²) in [7, 11) is -1.16. The van der Waals surface area contributed by atoms with Crippen molar-refractivity contribution in [3.05, 3.63) is 35.2 Å². The first kappa shape index (κ1) is 25.9. The van der Waals surface area contributed by atoms with Gasteiger partial charge >= 0.3 is 0 Å². The normalized spacial score (nSPS) is 21.3. The van der Waals surface area contributed by atoms with Gasteiger partial charge in [-0.25, -0.2) is 9.67 Å². The summed E-state index contributed by atoms with van der Waals surface area (Å²) in [4.78, 5) is 20.6. The lowest BCUT2D eigenvalue weighted by Crippen LogP contribution is -2.39. The van der Waals surface area contributed by atoms with Crippen LogP contribution in [-0.2, 0) is 35.8 Å². The Balaban J connectivity index is 1.62. The van der Waals surface area contributed by atoms with E-state index in [4.69, 9.17) is 14.8 Å². The molecule has 0 radical (unpaired) electrons. The average Bonchev–Trinajstić information content (AvgIpc) is 3.38. The molecule has 1 amide bonds. The van der Waals surface area contributed by atoms with Gasteiger partial charge in [-0.05, 0) is 43.9 Å². The summed E-state index contributed by atoms with van der Waals surface area (Å²) in [6.45, 7) is 13.7. The van der Waals surface area contributed by atoms with Crippen LogP contribution in [0.15, 0.2) is 18.2 Å². The van der Waals surface area contributed by atoms with Gasteiger partial charge in [0.25, 0.3) is 0 Å². The molecule has 0 spiro atoms. The minimum Gasteiger partial charge on any atom is -0.360 e. The lowest BCUT2D eigenvalue weighted by molar-refractivity contribution is -0.142. The van der Waals surface area contributed by atoms with E-state index in [1.807, 2.05) is 15.6 Å². The monoisotopic (exact) mass is 497 g/mol. The van der Waals surface area contributed by atoms with Crippen molar-refractivity contribution in [3.8, 4) is 0 Å². The van der Waals surface area contributed by atoms with Crippen molar-refractivity contribution in [1.82, 2.24) is 19.7 Å². The molecule has 192 valence electrons. The number of aromatic nitrogens is 3. The van der Waals surface area contributed by atoms with Gasteiger partial charge < -0.3 is 15.0 Å². The van der Waals surface area contributed by atoms with Crippen LogP contribution < -0.4 is 5.32 Å². The summed E-state index contributed by atoms with van der Waals surface area (Å²) in [5, 5.41) is 8.34. The first-order chi connectivity index (χ1) is 16.7. The second-order valence-corrected chi connectivity index (χ2v) is 17.4. The summed E-state index contributed by atoms with van der Waals surface area (Å²) in [5.41, 5.74) is 2.97. The largest absolute Gasteiger partial charge is 0.360 e. The first-order valence-corrected chi connectivity index (χ1v) is 17.1. The lowest BCUT2D eigenvalue weighted by atomic mass is 9.80. The van der Waals surface area contributed by atoms with Crippen LogP contribution in [0.5, 0.6) is 0 Å². The van der Waals surface area contributed by atoms with E-state index in [0.29, 0.717) is 19.8 Å². The Morgan fingerprint density at radius 2 is 1.94 bits per heavy atom. The molecule has 0 fully saturated rings. The fourth-order valence-corrected chi connectivity index (χ4v) is 5.74. The van der Waals surface area contributed by atoms with Gasteiger partial charge in [-0.15, -0.1) is 0 Å². The summed E-state index contributed by atoms with van der Waals surface area (Å²) < 4.78 is 8.00. The average molecular weight is 498 g/mol. The predicted octanol–water partition coefficient (Wildman–Crippen LogP) is 6.10. The number of nitrogens with one attached hydrogen (secondary N) is 1. The Morgan fingerprint density at radius 3 is 2.71 bits per heavy atom. The molecular weight excluding hydrogens is 454 g/mol. The highest BCUT2D eigenvalue weighted by atomic mass is 28.3. The molecular formula is C27H43N5O2Si. The fraction of sp³-hybridized carbons (Fsp3) is 0.667. The zero-order valence-corrected chi connectivity index (χ0v) is 23.3. The molecule has 2 aliphatic rings. The zero-order chi connectivity index (χ0) is 25.1. The van der Waals surface area contributed by atoms with Crippen LogP contribution in [-0.4, -0.2) is 40.3 Å². The number of anilines is 2. The molecule has 4 bridgehead atoms. The van der Waals surface area contributed by atoms with Gasteiger partial charge in [0, 0.05) is 31.4 Å². The number of rotatable bonds is 6. The molecule has 8 heteroatoms. The topological polar surface area (TPSA) is 72.3 Å².